The second-order valence-electron chi connectivity index (χ2n) is 5.90. The van der Waals surface area contributed by atoms with Crippen LogP contribution in [0.4, 0.5) is 0 Å². The van der Waals surface area contributed by atoms with E-state index in [0.29, 0.717) is 12.1 Å². The highest BCUT2D eigenvalue weighted by atomic mass is 16.3. The number of benzene rings is 1. The molecule has 6 nitrogen and oxygen atoms in total. The van der Waals surface area contributed by atoms with Crippen LogP contribution in [0.15, 0.2) is 47.4 Å². The van der Waals surface area contributed by atoms with E-state index < -0.39 is 0 Å². The Kier molecular flexibility index (Phi) is 3.13. The number of fused-ring (bicyclic) bond motifs is 3. The van der Waals surface area contributed by atoms with Crippen LogP contribution < -0.4 is 5.56 Å². The van der Waals surface area contributed by atoms with Gasteiger partial charge >= 0.3 is 0 Å². The highest BCUT2D eigenvalue weighted by molar-refractivity contribution is 6.07. The fraction of sp³-hybridized carbons (Fsp3) is 0.167. The average molecular weight is 320 g/mol. The van der Waals surface area contributed by atoms with Gasteiger partial charge in [-0.3, -0.25) is 9.78 Å². The van der Waals surface area contributed by atoms with Crippen molar-refractivity contribution in [3.63, 3.8) is 0 Å². The molecule has 3 aromatic heterocycles. The van der Waals surface area contributed by atoms with Gasteiger partial charge in [-0.25, -0.2) is 4.68 Å². The Hall–Kier alpha value is -3.15. The summed E-state index contributed by atoms with van der Waals surface area (Å²) < 4.78 is 3.22. The van der Waals surface area contributed by atoms with Crippen molar-refractivity contribution >= 4 is 21.8 Å². The summed E-state index contributed by atoms with van der Waals surface area (Å²) in [5, 5.41) is 15.7. The Morgan fingerprint density at radius 2 is 2.00 bits per heavy atom. The third-order valence-electron chi connectivity index (χ3n) is 4.24. The monoisotopic (exact) mass is 320 g/mol. The van der Waals surface area contributed by atoms with Crippen LogP contribution in [0.3, 0.4) is 0 Å². The van der Waals surface area contributed by atoms with E-state index in [1.807, 2.05) is 32.2 Å². The minimum atomic E-state index is -0.172. The van der Waals surface area contributed by atoms with Crippen molar-refractivity contribution in [3.05, 3.63) is 64.3 Å². The van der Waals surface area contributed by atoms with E-state index in [9.17, 15) is 9.90 Å². The van der Waals surface area contributed by atoms with Crippen molar-refractivity contribution < 1.29 is 5.11 Å². The maximum absolute atomic E-state index is 12.9. The molecule has 0 aliphatic heterocycles. The number of aryl methyl sites for hydroxylation is 2. The Morgan fingerprint density at radius 1 is 1.17 bits per heavy atom. The Labute approximate surface area is 137 Å². The zero-order valence-corrected chi connectivity index (χ0v) is 13.4. The van der Waals surface area contributed by atoms with E-state index in [2.05, 4.69) is 10.1 Å². The third kappa shape index (κ3) is 2.15. The number of phenolic OH excluding ortho intramolecular Hbond substituents is 1. The molecule has 0 saturated heterocycles. The predicted octanol–water partition coefficient (Wildman–Crippen LogP) is 2.35. The smallest absolute Gasteiger partial charge is 0.291 e. The lowest BCUT2D eigenvalue weighted by Crippen LogP contribution is -2.24. The van der Waals surface area contributed by atoms with Gasteiger partial charge in [0.05, 0.1) is 24.0 Å². The van der Waals surface area contributed by atoms with E-state index in [1.165, 1.54) is 4.68 Å². The maximum Gasteiger partial charge on any atom is 0.291 e. The highest BCUT2D eigenvalue weighted by Gasteiger charge is 2.14. The van der Waals surface area contributed by atoms with Crippen molar-refractivity contribution in [2.75, 3.05) is 0 Å². The second-order valence-corrected chi connectivity index (χ2v) is 5.90. The van der Waals surface area contributed by atoms with E-state index >= 15 is 0 Å². The van der Waals surface area contributed by atoms with Gasteiger partial charge < -0.3 is 9.67 Å². The summed E-state index contributed by atoms with van der Waals surface area (Å²) in [6.45, 7) is 2.24. The molecule has 0 amide bonds. The zero-order valence-electron chi connectivity index (χ0n) is 13.4. The van der Waals surface area contributed by atoms with Crippen LogP contribution >= 0.6 is 0 Å². The SMILES string of the molecule is Cc1cccc(Cn2ncc3c4ccc(O)cc4n(C)c3c2=O)n1. The van der Waals surface area contributed by atoms with Crippen molar-refractivity contribution in [1.29, 1.82) is 0 Å². The molecule has 6 heteroatoms. The van der Waals surface area contributed by atoms with Crippen molar-refractivity contribution in [2.45, 2.75) is 13.5 Å². The molecule has 0 aliphatic rings. The predicted molar refractivity (Wildman–Crippen MR) is 92.2 cm³/mol. The number of aromatic nitrogens is 4. The largest absolute Gasteiger partial charge is 0.508 e. The summed E-state index contributed by atoms with van der Waals surface area (Å²) in [5.74, 6) is 0.172. The molecule has 4 aromatic rings. The van der Waals surface area contributed by atoms with E-state index in [1.54, 1.807) is 29.0 Å². The van der Waals surface area contributed by atoms with Gasteiger partial charge in [-0.15, -0.1) is 0 Å². The molecule has 4 rings (SSSR count). The molecule has 0 bridgehead atoms. The minimum Gasteiger partial charge on any atom is -0.508 e. The molecule has 3 heterocycles. The zero-order chi connectivity index (χ0) is 16.8. The molecule has 0 aliphatic carbocycles. The lowest BCUT2D eigenvalue weighted by molar-refractivity contribution is 0.476. The molecule has 0 atom stereocenters. The van der Waals surface area contributed by atoms with Crippen LogP contribution in [0, 0.1) is 6.92 Å². The standard InChI is InChI=1S/C18H16N4O2/c1-11-4-3-5-12(20-11)10-22-18(24)17-15(9-19-22)14-7-6-13(23)8-16(14)21(17)2/h3-9,23H,10H2,1-2H3. The molecule has 0 saturated carbocycles. The van der Waals surface area contributed by atoms with Crippen LogP contribution in [0.25, 0.3) is 21.8 Å². The molecule has 1 aromatic carbocycles. The van der Waals surface area contributed by atoms with Crippen molar-refractivity contribution in [3.8, 4) is 5.75 Å². The van der Waals surface area contributed by atoms with Gasteiger partial charge in [0.2, 0.25) is 0 Å². The van der Waals surface area contributed by atoms with Crippen LogP contribution in [0.1, 0.15) is 11.4 Å². The molecule has 0 spiro atoms. The minimum absolute atomic E-state index is 0.172. The van der Waals surface area contributed by atoms with Crippen LogP contribution in [0.5, 0.6) is 5.75 Å². The first-order valence-corrected chi connectivity index (χ1v) is 7.64. The number of phenols is 1. The lowest BCUT2D eigenvalue weighted by Gasteiger charge is -2.05. The summed E-state index contributed by atoms with van der Waals surface area (Å²) in [7, 11) is 1.82. The molecule has 0 fully saturated rings. The van der Waals surface area contributed by atoms with Gasteiger partial charge in [-0.05, 0) is 31.2 Å². The van der Waals surface area contributed by atoms with E-state index in [-0.39, 0.29) is 11.3 Å². The van der Waals surface area contributed by atoms with Gasteiger partial charge in [0.15, 0.2) is 0 Å². The highest BCUT2D eigenvalue weighted by Crippen LogP contribution is 2.28. The first-order valence-electron chi connectivity index (χ1n) is 7.64. The Morgan fingerprint density at radius 3 is 2.79 bits per heavy atom. The summed E-state index contributed by atoms with van der Waals surface area (Å²) in [6, 6.07) is 10.8. The first-order chi connectivity index (χ1) is 11.5. The Balaban J connectivity index is 1.93. The summed E-state index contributed by atoms with van der Waals surface area (Å²) in [4.78, 5) is 17.3. The third-order valence-corrected chi connectivity index (χ3v) is 4.24. The average Bonchev–Trinajstić information content (AvgIpc) is 2.83. The number of hydrogen-bond donors (Lipinski definition) is 1. The fourth-order valence-corrected chi connectivity index (χ4v) is 3.10. The van der Waals surface area contributed by atoms with Gasteiger partial charge in [-0.1, -0.05) is 6.07 Å². The van der Waals surface area contributed by atoms with Crippen LogP contribution in [0.2, 0.25) is 0 Å². The van der Waals surface area contributed by atoms with Crippen molar-refractivity contribution in [1.82, 2.24) is 19.3 Å². The summed E-state index contributed by atoms with van der Waals surface area (Å²) >= 11 is 0. The maximum atomic E-state index is 12.9. The molecule has 24 heavy (non-hydrogen) atoms. The number of hydrogen-bond acceptors (Lipinski definition) is 4. The number of rotatable bonds is 2. The van der Waals surface area contributed by atoms with E-state index in [4.69, 9.17) is 0 Å². The summed E-state index contributed by atoms with van der Waals surface area (Å²) in [6.07, 6.45) is 1.70. The van der Waals surface area contributed by atoms with Crippen LogP contribution in [-0.2, 0) is 13.6 Å². The molecule has 0 radical (unpaired) electrons. The van der Waals surface area contributed by atoms with E-state index in [0.717, 1.165) is 27.7 Å². The van der Waals surface area contributed by atoms with Gasteiger partial charge in [0, 0.05) is 29.6 Å². The molecular formula is C18H16N4O2. The van der Waals surface area contributed by atoms with Gasteiger partial charge in [0.1, 0.15) is 11.3 Å². The molecular weight excluding hydrogens is 304 g/mol. The lowest BCUT2D eigenvalue weighted by atomic mass is 10.2. The summed E-state index contributed by atoms with van der Waals surface area (Å²) in [5.41, 5.74) is 2.89. The molecule has 0 unspecified atom stereocenters. The second kappa shape index (κ2) is 5.19. The fourth-order valence-electron chi connectivity index (χ4n) is 3.10. The van der Waals surface area contributed by atoms with Gasteiger partial charge in [0.25, 0.3) is 5.56 Å². The number of nitrogens with zero attached hydrogens (tertiary/aromatic N) is 4. The Bertz CT molecular complexity index is 1140. The number of pyridine rings is 1. The number of aromatic hydroxyl groups is 1. The van der Waals surface area contributed by atoms with Crippen molar-refractivity contribution in [2.24, 2.45) is 7.05 Å². The molecule has 120 valence electrons. The van der Waals surface area contributed by atoms with Gasteiger partial charge in [-0.2, -0.15) is 5.10 Å². The normalized spacial score (nSPS) is 11.4. The quantitative estimate of drug-likeness (QED) is 0.615. The molecule has 1 N–H and O–H groups in total. The topological polar surface area (TPSA) is 72.9 Å². The van der Waals surface area contributed by atoms with Crippen LogP contribution in [-0.4, -0.2) is 24.4 Å². The first kappa shape index (κ1) is 14.4.